The van der Waals surface area contributed by atoms with Crippen molar-refractivity contribution in [1.29, 1.82) is 0 Å². The molecule has 1 saturated heterocycles. The van der Waals surface area contributed by atoms with Gasteiger partial charge in [-0.3, -0.25) is 9.69 Å². The van der Waals surface area contributed by atoms with Crippen molar-refractivity contribution in [2.24, 2.45) is 5.73 Å². The number of piperazine rings is 1. The van der Waals surface area contributed by atoms with E-state index in [0.29, 0.717) is 6.42 Å². The Labute approximate surface area is 125 Å². The number of nitrogens with zero attached hydrogens (tertiary/aromatic N) is 2. The van der Waals surface area contributed by atoms with Gasteiger partial charge in [0, 0.05) is 44.7 Å². The van der Waals surface area contributed by atoms with Crippen LogP contribution in [0.25, 0.3) is 0 Å². The summed E-state index contributed by atoms with van der Waals surface area (Å²) in [5.74, 6) is 0.249. The maximum Gasteiger partial charge on any atom is 0.222 e. The Morgan fingerprint density at radius 3 is 2.60 bits per heavy atom. The molecule has 2 rings (SSSR count). The molecular weight excluding hydrogens is 270 g/mol. The SMILES string of the molecule is CC(C)(N)CCC(=O)N1CCN(Cc2ccsc2)CC1. The van der Waals surface area contributed by atoms with Crippen LogP contribution in [-0.2, 0) is 11.3 Å². The van der Waals surface area contributed by atoms with Gasteiger partial charge in [-0.05, 0) is 42.7 Å². The first-order valence-electron chi connectivity index (χ1n) is 7.24. The fraction of sp³-hybridized carbons (Fsp3) is 0.667. The summed E-state index contributed by atoms with van der Waals surface area (Å²) in [7, 11) is 0. The van der Waals surface area contributed by atoms with Crippen molar-refractivity contribution in [2.45, 2.75) is 38.8 Å². The Morgan fingerprint density at radius 2 is 2.05 bits per heavy atom. The van der Waals surface area contributed by atoms with Crippen LogP contribution in [0.3, 0.4) is 0 Å². The predicted molar refractivity (Wildman–Crippen MR) is 83.7 cm³/mol. The summed E-state index contributed by atoms with van der Waals surface area (Å²) in [4.78, 5) is 16.5. The average Bonchev–Trinajstić information content (AvgIpc) is 2.89. The van der Waals surface area contributed by atoms with Crippen molar-refractivity contribution < 1.29 is 4.79 Å². The van der Waals surface area contributed by atoms with Crippen molar-refractivity contribution >= 4 is 17.2 Å². The molecule has 0 bridgehead atoms. The van der Waals surface area contributed by atoms with Crippen LogP contribution >= 0.6 is 11.3 Å². The van der Waals surface area contributed by atoms with Crippen LogP contribution in [0.4, 0.5) is 0 Å². The monoisotopic (exact) mass is 295 g/mol. The van der Waals surface area contributed by atoms with Crippen molar-refractivity contribution in [3.05, 3.63) is 22.4 Å². The second kappa shape index (κ2) is 6.70. The number of rotatable bonds is 5. The molecule has 112 valence electrons. The third kappa shape index (κ3) is 4.89. The van der Waals surface area contributed by atoms with Gasteiger partial charge in [0.25, 0.3) is 0 Å². The van der Waals surface area contributed by atoms with Crippen molar-refractivity contribution in [3.8, 4) is 0 Å². The Kier molecular flexibility index (Phi) is 5.18. The Balaban J connectivity index is 1.72. The van der Waals surface area contributed by atoms with Gasteiger partial charge in [-0.25, -0.2) is 0 Å². The second-order valence-corrected chi connectivity index (χ2v) is 7.06. The van der Waals surface area contributed by atoms with E-state index in [0.717, 1.165) is 39.1 Å². The largest absolute Gasteiger partial charge is 0.340 e. The fourth-order valence-corrected chi connectivity index (χ4v) is 3.04. The van der Waals surface area contributed by atoms with Crippen molar-refractivity contribution in [3.63, 3.8) is 0 Å². The van der Waals surface area contributed by atoms with Crippen LogP contribution in [0.1, 0.15) is 32.3 Å². The zero-order chi connectivity index (χ0) is 14.6. The summed E-state index contributed by atoms with van der Waals surface area (Å²) in [6.07, 6.45) is 1.31. The molecule has 1 aromatic rings. The quantitative estimate of drug-likeness (QED) is 0.903. The van der Waals surface area contributed by atoms with E-state index in [1.54, 1.807) is 11.3 Å². The average molecular weight is 295 g/mol. The van der Waals surface area contributed by atoms with E-state index >= 15 is 0 Å². The Bertz CT molecular complexity index is 417. The molecule has 0 atom stereocenters. The number of amides is 1. The second-order valence-electron chi connectivity index (χ2n) is 6.28. The van der Waals surface area contributed by atoms with Gasteiger partial charge in [0.2, 0.25) is 5.91 Å². The van der Waals surface area contributed by atoms with Crippen LogP contribution in [0.2, 0.25) is 0 Å². The van der Waals surface area contributed by atoms with Crippen molar-refractivity contribution in [1.82, 2.24) is 9.80 Å². The molecule has 0 aliphatic carbocycles. The fourth-order valence-electron chi connectivity index (χ4n) is 2.38. The summed E-state index contributed by atoms with van der Waals surface area (Å²) in [6.45, 7) is 8.56. The lowest BCUT2D eigenvalue weighted by Crippen LogP contribution is -2.48. The normalized spacial score (nSPS) is 17.4. The zero-order valence-electron chi connectivity index (χ0n) is 12.5. The van der Waals surface area contributed by atoms with Crippen LogP contribution in [0.5, 0.6) is 0 Å². The van der Waals surface area contributed by atoms with Crippen LogP contribution in [0, 0.1) is 0 Å². The molecule has 0 aromatic carbocycles. The topological polar surface area (TPSA) is 49.6 Å². The number of hydrogen-bond acceptors (Lipinski definition) is 4. The molecule has 1 aromatic heterocycles. The molecule has 0 radical (unpaired) electrons. The highest BCUT2D eigenvalue weighted by Gasteiger charge is 2.22. The van der Waals surface area contributed by atoms with E-state index in [4.69, 9.17) is 5.73 Å². The van der Waals surface area contributed by atoms with Gasteiger partial charge in [-0.2, -0.15) is 11.3 Å². The molecule has 1 aliphatic heterocycles. The van der Waals surface area contributed by atoms with E-state index in [-0.39, 0.29) is 11.4 Å². The summed E-state index contributed by atoms with van der Waals surface area (Å²) < 4.78 is 0. The first kappa shape index (κ1) is 15.5. The Hall–Kier alpha value is -0.910. The van der Waals surface area contributed by atoms with Gasteiger partial charge in [0.05, 0.1) is 0 Å². The molecule has 20 heavy (non-hydrogen) atoms. The summed E-state index contributed by atoms with van der Waals surface area (Å²) in [6, 6.07) is 2.17. The molecule has 0 unspecified atom stereocenters. The molecule has 1 amide bonds. The minimum absolute atomic E-state index is 0.249. The molecule has 1 aliphatic rings. The summed E-state index contributed by atoms with van der Waals surface area (Å²) in [5, 5.41) is 4.31. The third-order valence-corrected chi connectivity index (χ3v) is 4.43. The standard InChI is InChI=1S/C15H25N3OS/c1-15(2,16)5-3-14(19)18-8-6-17(7-9-18)11-13-4-10-20-12-13/h4,10,12H,3,5-9,11,16H2,1-2H3. The van der Waals surface area contributed by atoms with Gasteiger partial charge in [-0.1, -0.05) is 0 Å². The van der Waals surface area contributed by atoms with Crippen LogP contribution in [-0.4, -0.2) is 47.4 Å². The van der Waals surface area contributed by atoms with E-state index < -0.39 is 0 Å². The molecule has 0 spiro atoms. The number of thiophene rings is 1. The molecule has 5 heteroatoms. The third-order valence-electron chi connectivity index (χ3n) is 3.69. The van der Waals surface area contributed by atoms with Crippen molar-refractivity contribution in [2.75, 3.05) is 26.2 Å². The highest BCUT2D eigenvalue weighted by Crippen LogP contribution is 2.14. The van der Waals surface area contributed by atoms with E-state index in [1.165, 1.54) is 5.56 Å². The summed E-state index contributed by atoms with van der Waals surface area (Å²) >= 11 is 1.74. The predicted octanol–water partition coefficient (Wildman–Crippen LogP) is 1.91. The minimum Gasteiger partial charge on any atom is -0.340 e. The number of hydrogen-bond donors (Lipinski definition) is 1. The molecular formula is C15H25N3OS. The lowest BCUT2D eigenvalue weighted by Gasteiger charge is -2.35. The van der Waals surface area contributed by atoms with Gasteiger partial charge in [0.1, 0.15) is 0 Å². The molecule has 2 N–H and O–H groups in total. The number of carbonyl (C=O) groups is 1. The minimum atomic E-state index is -0.254. The molecule has 0 saturated carbocycles. The van der Waals surface area contributed by atoms with Gasteiger partial charge in [-0.15, -0.1) is 0 Å². The molecule has 1 fully saturated rings. The molecule has 4 nitrogen and oxygen atoms in total. The zero-order valence-corrected chi connectivity index (χ0v) is 13.3. The number of carbonyl (C=O) groups excluding carboxylic acids is 1. The van der Waals surface area contributed by atoms with Gasteiger partial charge >= 0.3 is 0 Å². The van der Waals surface area contributed by atoms with E-state index in [1.807, 2.05) is 18.7 Å². The highest BCUT2D eigenvalue weighted by molar-refractivity contribution is 7.07. The number of nitrogens with two attached hydrogens (primary N) is 1. The van der Waals surface area contributed by atoms with Crippen LogP contribution in [0.15, 0.2) is 16.8 Å². The smallest absolute Gasteiger partial charge is 0.222 e. The molecule has 2 heterocycles. The summed E-state index contributed by atoms with van der Waals surface area (Å²) in [5.41, 5.74) is 7.05. The highest BCUT2D eigenvalue weighted by atomic mass is 32.1. The lowest BCUT2D eigenvalue weighted by atomic mass is 9.99. The maximum atomic E-state index is 12.1. The van der Waals surface area contributed by atoms with Crippen LogP contribution < -0.4 is 5.73 Å². The van der Waals surface area contributed by atoms with E-state index in [9.17, 15) is 4.79 Å². The van der Waals surface area contributed by atoms with E-state index in [2.05, 4.69) is 21.7 Å². The maximum absolute atomic E-state index is 12.1. The first-order chi connectivity index (χ1) is 9.44. The first-order valence-corrected chi connectivity index (χ1v) is 8.18. The van der Waals surface area contributed by atoms with Gasteiger partial charge < -0.3 is 10.6 Å². The Morgan fingerprint density at radius 1 is 1.35 bits per heavy atom. The van der Waals surface area contributed by atoms with Gasteiger partial charge in [0.15, 0.2) is 0 Å². The lowest BCUT2D eigenvalue weighted by molar-refractivity contribution is -0.133.